The summed E-state index contributed by atoms with van der Waals surface area (Å²) in [6.45, 7) is 0. The summed E-state index contributed by atoms with van der Waals surface area (Å²) in [4.78, 5) is 35.7. The predicted molar refractivity (Wildman–Crippen MR) is 131 cm³/mol. The van der Waals surface area contributed by atoms with E-state index in [1.54, 1.807) is 42.5 Å². The number of nitrogens with zero attached hydrogens (tertiary/aromatic N) is 1. The Morgan fingerprint density at radius 2 is 1.69 bits per heavy atom. The maximum Gasteiger partial charge on any atom is 0.314 e. The molecule has 4 N–H and O–H groups in total. The van der Waals surface area contributed by atoms with E-state index in [0.717, 1.165) is 16.5 Å². The molecule has 35 heavy (non-hydrogen) atoms. The summed E-state index contributed by atoms with van der Waals surface area (Å²) in [5.74, 6) is -2.87. The van der Waals surface area contributed by atoms with Crippen molar-refractivity contribution in [2.45, 2.75) is 6.42 Å². The quantitative estimate of drug-likeness (QED) is 0.156. The number of thiophene rings is 1. The second kappa shape index (κ2) is 9.65. The Labute approximate surface area is 202 Å². The number of aliphatic carboxylic acids is 1. The zero-order valence-corrected chi connectivity index (χ0v) is 18.8. The fourth-order valence-corrected chi connectivity index (χ4v) is 4.58. The number of phenolic OH excluding ortho intramolecular Hbond substituents is 2. The third-order valence-electron chi connectivity index (χ3n) is 5.19. The van der Waals surface area contributed by atoms with E-state index >= 15 is 0 Å². The summed E-state index contributed by atoms with van der Waals surface area (Å²) < 4.78 is 0. The van der Waals surface area contributed by atoms with Crippen molar-refractivity contribution in [1.29, 1.82) is 0 Å². The van der Waals surface area contributed by atoms with Crippen LogP contribution >= 0.6 is 11.3 Å². The Kier molecular flexibility index (Phi) is 6.47. The van der Waals surface area contributed by atoms with Crippen LogP contribution in [0.1, 0.15) is 15.2 Å². The number of para-hydroxylation sites is 1. The van der Waals surface area contributed by atoms with Gasteiger partial charge in [0.15, 0.2) is 5.75 Å². The Bertz CT molecular complexity index is 1460. The molecule has 0 unspecified atom stereocenters. The Morgan fingerprint density at radius 3 is 2.43 bits per heavy atom. The van der Waals surface area contributed by atoms with Crippen molar-refractivity contribution in [3.63, 3.8) is 0 Å². The summed E-state index contributed by atoms with van der Waals surface area (Å²) >= 11 is 1.33. The molecular formula is C25H18N2O7S. The molecule has 4 rings (SSSR count). The molecule has 0 saturated heterocycles. The average Bonchev–Trinajstić information content (AvgIpc) is 3.28. The van der Waals surface area contributed by atoms with Gasteiger partial charge in [-0.25, -0.2) is 0 Å². The highest BCUT2D eigenvalue weighted by atomic mass is 32.1. The van der Waals surface area contributed by atoms with Gasteiger partial charge in [-0.2, -0.15) is 0 Å². The van der Waals surface area contributed by atoms with E-state index in [1.807, 2.05) is 12.1 Å². The highest BCUT2D eigenvalue weighted by Crippen LogP contribution is 2.42. The number of rotatable bonds is 7. The van der Waals surface area contributed by atoms with Crippen LogP contribution in [0.25, 0.3) is 21.6 Å². The molecule has 176 valence electrons. The lowest BCUT2D eigenvalue weighted by Crippen LogP contribution is -2.12. The number of anilines is 1. The van der Waals surface area contributed by atoms with Gasteiger partial charge in [0.05, 0.1) is 11.3 Å². The molecule has 9 nitrogen and oxygen atoms in total. The third kappa shape index (κ3) is 4.97. The highest BCUT2D eigenvalue weighted by Gasteiger charge is 2.21. The van der Waals surface area contributed by atoms with Crippen LogP contribution in [0.2, 0.25) is 0 Å². The Morgan fingerprint density at radius 1 is 0.914 bits per heavy atom. The van der Waals surface area contributed by atoms with E-state index in [4.69, 9.17) is 5.11 Å². The van der Waals surface area contributed by atoms with Crippen molar-refractivity contribution in [3.05, 3.63) is 93.4 Å². The van der Waals surface area contributed by atoms with Crippen molar-refractivity contribution in [1.82, 2.24) is 0 Å². The number of amides is 1. The van der Waals surface area contributed by atoms with Gasteiger partial charge >= 0.3 is 11.7 Å². The number of benzene rings is 3. The number of nitro groups is 1. The molecule has 1 heterocycles. The van der Waals surface area contributed by atoms with Crippen molar-refractivity contribution in [2.75, 3.05) is 5.32 Å². The Hall–Kier alpha value is -4.70. The van der Waals surface area contributed by atoms with Gasteiger partial charge in [-0.05, 0) is 42.0 Å². The summed E-state index contributed by atoms with van der Waals surface area (Å²) in [5, 5.41) is 43.1. The second-order valence-corrected chi connectivity index (χ2v) is 8.67. The molecule has 0 aliphatic heterocycles. The van der Waals surface area contributed by atoms with E-state index in [0.29, 0.717) is 16.1 Å². The average molecular weight is 490 g/mol. The van der Waals surface area contributed by atoms with Crippen LogP contribution in [-0.4, -0.2) is 32.1 Å². The van der Waals surface area contributed by atoms with E-state index < -0.39 is 34.0 Å². The molecule has 0 saturated carbocycles. The first kappa shape index (κ1) is 23.5. The molecule has 0 fully saturated rings. The van der Waals surface area contributed by atoms with Crippen LogP contribution in [-0.2, 0) is 11.2 Å². The second-order valence-electron chi connectivity index (χ2n) is 7.50. The number of hydrogen-bond acceptors (Lipinski definition) is 7. The lowest BCUT2D eigenvalue weighted by Gasteiger charge is -2.12. The van der Waals surface area contributed by atoms with Gasteiger partial charge < -0.3 is 20.6 Å². The topological polar surface area (TPSA) is 150 Å². The number of phenols is 2. The minimum absolute atomic E-state index is 0.0863. The standard InChI is InChI=1S/C25H18N2O7S/c28-22(29)13-16-8-11-21(35-16)18-6-1-2-7-19(18)26-25(32)15-5-3-4-14(12-15)17-9-10-20(27(33)34)24(31)23(17)30/h1-12,30-31H,13H2,(H,26,32)(H,28,29). The molecule has 0 radical (unpaired) electrons. The largest absolute Gasteiger partial charge is 0.504 e. The van der Waals surface area contributed by atoms with Crippen LogP contribution in [0.5, 0.6) is 11.5 Å². The summed E-state index contributed by atoms with van der Waals surface area (Å²) in [6, 6.07) is 19.3. The van der Waals surface area contributed by atoms with Crippen molar-refractivity contribution in [2.24, 2.45) is 0 Å². The van der Waals surface area contributed by atoms with Crippen LogP contribution in [0.4, 0.5) is 11.4 Å². The molecule has 10 heteroatoms. The van der Waals surface area contributed by atoms with Gasteiger partial charge in [0, 0.05) is 38.2 Å². The number of carbonyl (C=O) groups excluding carboxylic acids is 1. The number of nitro benzene ring substituents is 1. The molecule has 0 aliphatic carbocycles. The van der Waals surface area contributed by atoms with Gasteiger partial charge in [-0.3, -0.25) is 19.7 Å². The van der Waals surface area contributed by atoms with Gasteiger partial charge in [0.1, 0.15) is 0 Å². The van der Waals surface area contributed by atoms with E-state index in [1.165, 1.54) is 23.5 Å². The fraction of sp³-hybridized carbons (Fsp3) is 0.0400. The molecule has 0 bridgehead atoms. The predicted octanol–water partition coefficient (Wildman–Crippen LogP) is 5.28. The zero-order chi connectivity index (χ0) is 25.1. The van der Waals surface area contributed by atoms with Crippen molar-refractivity contribution < 1.29 is 29.8 Å². The minimum atomic E-state index is -0.924. The van der Waals surface area contributed by atoms with Gasteiger partial charge in [0.25, 0.3) is 5.91 Å². The number of carbonyl (C=O) groups is 2. The summed E-state index contributed by atoms with van der Waals surface area (Å²) in [6.07, 6.45) is -0.0863. The van der Waals surface area contributed by atoms with E-state index in [-0.39, 0.29) is 17.5 Å². The normalized spacial score (nSPS) is 10.6. The minimum Gasteiger partial charge on any atom is -0.504 e. The van der Waals surface area contributed by atoms with Gasteiger partial charge in [-0.1, -0.05) is 30.3 Å². The number of carboxylic acids is 1. The van der Waals surface area contributed by atoms with Crippen LogP contribution in [0.3, 0.4) is 0 Å². The third-order valence-corrected chi connectivity index (χ3v) is 6.31. The number of aromatic hydroxyl groups is 2. The van der Waals surface area contributed by atoms with Crippen LogP contribution < -0.4 is 5.32 Å². The zero-order valence-electron chi connectivity index (χ0n) is 18.0. The lowest BCUT2D eigenvalue weighted by atomic mass is 10.0. The van der Waals surface area contributed by atoms with Crippen LogP contribution in [0.15, 0.2) is 72.8 Å². The SMILES string of the molecule is O=C(O)Cc1ccc(-c2ccccc2NC(=O)c2cccc(-c3ccc([N+](=O)[O-])c(O)c3O)c2)s1. The fourth-order valence-electron chi connectivity index (χ4n) is 3.55. The molecule has 0 spiro atoms. The van der Waals surface area contributed by atoms with Gasteiger partial charge in [-0.15, -0.1) is 11.3 Å². The molecule has 0 aliphatic rings. The number of hydrogen-bond donors (Lipinski definition) is 4. The van der Waals surface area contributed by atoms with Crippen LogP contribution in [0, 0.1) is 10.1 Å². The lowest BCUT2D eigenvalue weighted by molar-refractivity contribution is -0.385. The Balaban J connectivity index is 1.62. The maximum atomic E-state index is 13.0. The first-order valence-electron chi connectivity index (χ1n) is 10.3. The molecule has 3 aromatic carbocycles. The van der Waals surface area contributed by atoms with Gasteiger partial charge in [0.2, 0.25) is 5.75 Å². The van der Waals surface area contributed by atoms with E-state index in [9.17, 15) is 29.9 Å². The van der Waals surface area contributed by atoms with Crippen molar-refractivity contribution >= 4 is 34.6 Å². The molecule has 0 atom stereocenters. The molecule has 1 aromatic heterocycles. The summed E-state index contributed by atoms with van der Waals surface area (Å²) in [7, 11) is 0. The smallest absolute Gasteiger partial charge is 0.314 e. The van der Waals surface area contributed by atoms with E-state index in [2.05, 4.69) is 5.32 Å². The maximum absolute atomic E-state index is 13.0. The number of nitrogens with one attached hydrogen (secondary N) is 1. The number of carboxylic acid groups (broad SMARTS) is 1. The highest BCUT2D eigenvalue weighted by molar-refractivity contribution is 7.15. The molecule has 4 aromatic rings. The summed E-state index contributed by atoms with van der Waals surface area (Å²) in [5.41, 5.74) is 1.40. The molecule has 1 amide bonds. The molecular weight excluding hydrogens is 472 g/mol. The first-order valence-corrected chi connectivity index (χ1v) is 11.1. The first-order chi connectivity index (χ1) is 16.7. The van der Waals surface area contributed by atoms with Crippen molar-refractivity contribution in [3.8, 4) is 33.1 Å². The monoisotopic (exact) mass is 490 g/mol.